The van der Waals surface area contributed by atoms with E-state index < -0.39 is 0 Å². The van der Waals surface area contributed by atoms with Crippen molar-refractivity contribution in [2.75, 3.05) is 17.3 Å². The molecule has 1 aromatic heterocycles. The summed E-state index contributed by atoms with van der Waals surface area (Å²) >= 11 is 7.19. The van der Waals surface area contributed by atoms with Gasteiger partial charge in [-0.3, -0.25) is 0 Å². The molecule has 0 radical (unpaired) electrons. The van der Waals surface area contributed by atoms with Crippen LogP contribution in [0.2, 0.25) is 0 Å². The summed E-state index contributed by atoms with van der Waals surface area (Å²) in [5.74, 6) is -0.604. The largest absolute Gasteiger partial charge is 0.465 e. The van der Waals surface area contributed by atoms with E-state index in [2.05, 4.69) is 12.2 Å². The molecule has 4 nitrogen and oxygen atoms in total. The molecule has 144 valence electrons. The molecule has 1 aromatic carbocycles. The van der Waals surface area contributed by atoms with Gasteiger partial charge in [-0.2, -0.15) is 0 Å². The molecule has 0 amide bonds. The van der Waals surface area contributed by atoms with E-state index in [1.807, 2.05) is 18.7 Å². The molecule has 1 aliphatic rings. The van der Waals surface area contributed by atoms with Crippen molar-refractivity contribution in [3.63, 3.8) is 0 Å². The molecule has 0 bridgehead atoms. The van der Waals surface area contributed by atoms with E-state index >= 15 is 0 Å². The highest BCUT2D eigenvalue weighted by molar-refractivity contribution is 7.80. The van der Waals surface area contributed by atoms with Crippen LogP contribution in [-0.2, 0) is 17.6 Å². The van der Waals surface area contributed by atoms with Crippen LogP contribution in [0.1, 0.15) is 46.6 Å². The van der Waals surface area contributed by atoms with Gasteiger partial charge >= 0.3 is 5.97 Å². The Hall–Kier alpha value is -1.99. The maximum Gasteiger partial charge on any atom is 0.341 e. The fraction of sp³-hybridized carbons (Fsp3) is 0.400. The lowest BCUT2D eigenvalue weighted by molar-refractivity contribution is 0.0601. The zero-order chi connectivity index (χ0) is 19.7. The van der Waals surface area contributed by atoms with Crippen molar-refractivity contribution in [1.82, 2.24) is 0 Å². The minimum absolute atomic E-state index is 0.177. The summed E-state index contributed by atoms with van der Waals surface area (Å²) in [5, 5.41) is 4.46. The molecule has 0 fully saturated rings. The fourth-order valence-electron chi connectivity index (χ4n) is 3.60. The van der Waals surface area contributed by atoms with Crippen molar-refractivity contribution >= 4 is 45.3 Å². The maximum absolute atomic E-state index is 13.6. The molecule has 3 rings (SSSR count). The Morgan fingerprint density at radius 3 is 2.89 bits per heavy atom. The SMILES string of the molecule is CCc1c(C)sc(NC(=S)N2c3ccc(F)cc3CC[C@H]2C)c1C(=O)OC. The van der Waals surface area contributed by atoms with Gasteiger partial charge in [-0.15, -0.1) is 11.3 Å². The van der Waals surface area contributed by atoms with Crippen LogP contribution in [-0.4, -0.2) is 24.2 Å². The van der Waals surface area contributed by atoms with Gasteiger partial charge in [-0.25, -0.2) is 9.18 Å². The normalized spacial score (nSPS) is 16.0. The molecule has 0 unspecified atom stereocenters. The van der Waals surface area contributed by atoms with Crippen LogP contribution in [0.3, 0.4) is 0 Å². The third-order valence-electron chi connectivity index (χ3n) is 4.96. The molecular formula is C20H23FN2O2S2. The summed E-state index contributed by atoms with van der Waals surface area (Å²) in [4.78, 5) is 15.4. The number of carbonyl (C=O) groups excluding carboxylic acids is 1. The highest BCUT2D eigenvalue weighted by Gasteiger charge is 2.29. The number of ether oxygens (including phenoxy) is 1. The first-order valence-corrected chi connectivity index (χ1v) is 10.2. The van der Waals surface area contributed by atoms with E-state index in [1.54, 1.807) is 12.1 Å². The predicted molar refractivity (Wildman–Crippen MR) is 113 cm³/mol. The lowest BCUT2D eigenvalue weighted by Crippen LogP contribution is -2.44. The maximum atomic E-state index is 13.6. The number of nitrogens with one attached hydrogen (secondary N) is 1. The molecule has 0 spiro atoms. The first-order chi connectivity index (χ1) is 12.9. The summed E-state index contributed by atoms with van der Waals surface area (Å²) in [6, 6.07) is 4.97. The first kappa shape index (κ1) is 19.8. The lowest BCUT2D eigenvalue weighted by atomic mass is 9.97. The van der Waals surface area contributed by atoms with Crippen LogP contribution in [0.25, 0.3) is 0 Å². The van der Waals surface area contributed by atoms with Gasteiger partial charge in [0.15, 0.2) is 5.11 Å². The van der Waals surface area contributed by atoms with E-state index in [4.69, 9.17) is 17.0 Å². The molecule has 1 aliphatic heterocycles. The van der Waals surface area contributed by atoms with E-state index in [1.165, 1.54) is 24.5 Å². The Labute approximate surface area is 168 Å². The molecule has 7 heteroatoms. The Balaban J connectivity index is 1.96. The standard InChI is InChI=1S/C20H23FN2O2S2/c1-5-15-12(3)27-18(17(15)19(24)25-4)22-20(26)23-11(2)6-7-13-10-14(21)8-9-16(13)23/h8-11H,5-7H2,1-4H3,(H,22,26)/t11-/m1/s1. The minimum atomic E-state index is -0.365. The van der Waals surface area contributed by atoms with E-state index in [0.29, 0.717) is 15.7 Å². The number of nitrogens with zero attached hydrogens (tertiary/aromatic N) is 1. The number of thiocarbonyl (C=S) groups is 1. The van der Waals surface area contributed by atoms with Crippen molar-refractivity contribution in [3.05, 3.63) is 45.6 Å². The summed E-state index contributed by atoms with van der Waals surface area (Å²) in [5.41, 5.74) is 3.39. The van der Waals surface area contributed by atoms with Crippen LogP contribution in [0, 0.1) is 12.7 Å². The van der Waals surface area contributed by atoms with Crippen molar-refractivity contribution in [3.8, 4) is 0 Å². The van der Waals surface area contributed by atoms with Gasteiger partial charge in [0.05, 0.1) is 12.7 Å². The molecule has 1 N–H and O–H groups in total. The molecule has 1 atom stereocenters. The summed E-state index contributed by atoms with van der Waals surface area (Å²) in [7, 11) is 1.38. The monoisotopic (exact) mass is 406 g/mol. The number of halogens is 1. The quantitative estimate of drug-likeness (QED) is 0.568. The number of carbonyl (C=O) groups is 1. The summed E-state index contributed by atoms with van der Waals surface area (Å²) in [6.45, 7) is 6.10. The van der Waals surface area contributed by atoms with Gasteiger partial charge in [0.2, 0.25) is 0 Å². The number of esters is 1. The van der Waals surface area contributed by atoms with Gasteiger partial charge in [0.1, 0.15) is 10.8 Å². The van der Waals surface area contributed by atoms with Gasteiger partial charge in [-0.1, -0.05) is 6.92 Å². The smallest absolute Gasteiger partial charge is 0.341 e. The average molecular weight is 407 g/mol. The van der Waals surface area contributed by atoms with Crippen LogP contribution in [0.5, 0.6) is 0 Å². The number of hydrogen-bond donors (Lipinski definition) is 1. The highest BCUT2D eigenvalue weighted by atomic mass is 32.1. The lowest BCUT2D eigenvalue weighted by Gasteiger charge is -2.37. The molecule has 2 heterocycles. The average Bonchev–Trinajstić information content (AvgIpc) is 2.95. The third-order valence-corrected chi connectivity index (χ3v) is 6.33. The topological polar surface area (TPSA) is 41.6 Å². The Morgan fingerprint density at radius 1 is 1.48 bits per heavy atom. The van der Waals surface area contributed by atoms with Crippen LogP contribution >= 0.6 is 23.6 Å². The van der Waals surface area contributed by atoms with Crippen LogP contribution in [0.15, 0.2) is 18.2 Å². The molecule has 0 saturated carbocycles. The zero-order valence-electron chi connectivity index (χ0n) is 15.9. The Bertz CT molecular complexity index is 894. The van der Waals surface area contributed by atoms with Gasteiger partial charge < -0.3 is 15.0 Å². The number of anilines is 2. The zero-order valence-corrected chi connectivity index (χ0v) is 17.5. The van der Waals surface area contributed by atoms with Gasteiger partial charge in [-0.05, 0) is 74.7 Å². The summed E-state index contributed by atoms with van der Waals surface area (Å²) < 4.78 is 18.6. The number of thiophene rings is 1. The predicted octanol–water partition coefficient (Wildman–Crippen LogP) is 5.08. The van der Waals surface area contributed by atoms with E-state index in [0.717, 1.165) is 41.0 Å². The second kappa shape index (κ2) is 7.94. The van der Waals surface area contributed by atoms with Crippen molar-refractivity contribution in [1.29, 1.82) is 0 Å². The highest BCUT2D eigenvalue weighted by Crippen LogP contribution is 2.36. The van der Waals surface area contributed by atoms with Gasteiger partial charge in [0.25, 0.3) is 0 Å². The number of fused-ring (bicyclic) bond motifs is 1. The molecule has 2 aromatic rings. The number of hydrogen-bond acceptors (Lipinski definition) is 4. The second-order valence-corrected chi connectivity index (χ2v) is 8.26. The number of benzene rings is 1. The molecule has 0 saturated heterocycles. The molecular weight excluding hydrogens is 383 g/mol. The number of rotatable bonds is 3. The fourth-order valence-corrected chi connectivity index (χ4v) is 5.17. The van der Waals surface area contributed by atoms with Crippen LogP contribution < -0.4 is 10.2 Å². The second-order valence-electron chi connectivity index (χ2n) is 6.65. The molecule has 0 aliphatic carbocycles. The van der Waals surface area contributed by atoms with Crippen molar-refractivity contribution in [2.24, 2.45) is 0 Å². The van der Waals surface area contributed by atoms with E-state index in [-0.39, 0.29) is 17.8 Å². The summed E-state index contributed by atoms with van der Waals surface area (Å²) in [6.07, 6.45) is 2.44. The number of methoxy groups -OCH3 is 1. The Kier molecular flexibility index (Phi) is 5.81. The first-order valence-electron chi connectivity index (χ1n) is 8.96. The number of aryl methyl sites for hydroxylation is 2. The van der Waals surface area contributed by atoms with Gasteiger partial charge in [0, 0.05) is 16.6 Å². The van der Waals surface area contributed by atoms with Crippen LogP contribution in [0.4, 0.5) is 15.1 Å². The molecule has 27 heavy (non-hydrogen) atoms. The van der Waals surface area contributed by atoms with Crippen molar-refractivity contribution in [2.45, 2.75) is 46.1 Å². The van der Waals surface area contributed by atoms with E-state index in [9.17, 15) is 9.18 Å². The third kappa shape index (κ3) is 3.71. The van der Waals surface area contributed by atoms with Crippen molar-refractivity contribution < 1.29 is 13.9 Å². The Morgan fingerprint density at radius 2 is 2.22 bits per heavy atom. The minimum Gasteiger partial charge on any atom is -0.465 e.